The lowest BCUT2D eigenvalue weighted by atomic mass is 9.77. The molecule has 39 heavy (non-hydrogen) atoms. The van der Waals surface area contributed by atoms with E-state index in [9.17, 15) is 9.90 Å². The molecule has 208 valence electrons. The molecule has 0 aromatic heterocycles. The average Bonchev–Trinajstić information content (AvgIpc) is 3.77. The van der Waals surface area contributed by atoms with E-state index in [1.165, 1.54) is 6.07 Å². The molecule has 0 bridgehead atoms. The smallest absolute Gasteiger partial charge is 0.303 e. The predicted molar refractivity (Wildman–Crippen MR) is 151 cm³/mol. The first-order valence-electron chi connectivity index (χ1n) is 13.6. The average molecular weight is 535 g/mol. The van der Waals surface area contributed by atoms with E-state index in [4.69, 9.17) is 14.2 Å². The Morgan fingerprint density at radius 2 is 1.79 bits per heavy atom. The monoisotopic (exact) mass is 534 g/mol. The summed E-state index contributed by atoms with van der Waals surface area (Å²) in [5, 5.41) is 9.39. The molecular formula is C33H39FO5. The van der Waals surface area contributed by atoms with Gasteiger partial charge in [-0.2, -0.15) is 0 Å². The molecule has 0 saturated heterocycles. The minimum Gasteiger partial charge on any atom is -0.497 e. The van der Waals surface area contributed by atoms with Crippen molar-refractivity contribution in [1.82, 2.24) is 0 Å². The van der Waals surface area contributed by atoms with E-state index >= 15 is 4.39 Å². The highest BCUT2D eigenvalue weighted by atomic mass is 19.1. The number of hydrogen-bond donors (Lipinski definition) is 1. The molecule has 1 fully saturated rings. The van der Waals surface area contributed by atoms with E-state index in [2.05, 4.69) is 20.8 Å². The van der Waals surface area contributed by atoms with Crippen molar-refractivity contribution in [2.24, 2.45) is 11.3 Å². The summed E-state index contributed by atoms with van der Waals surface area (Å²) < 4.78 is 32.7. The molecule has 4 rings (SSSR count). The standard InChI is InChI=1S/C33H39FO5/c1-6-33(2,3)32(38-5)29-16-21(10-14-26(29)28-18-24(37-4)13-15-30(28)34)20-39-25-9-7-8-23(17-25)27(19-31(35)36)22-11-12-22/h7-10,13-18,22,27,32H,6,11-12,19-20H2,1-5H3,(H,35,36)/t27-,32-/m1/s1. The molecule has 0 amide bonds. The Morgan fingerprint density at radius 3 is 2.44 bits per heavy atom. The third kappa shape index (κ3) is 6.80. The number of halogens is 1. The Morgan fingerprint density at radius 1 is 1.03 bits per heavy atom. The van der Waals surface area contributed by atoms with E-state index in [1.54, 1.807) is 26.4 Å². The van der Waals surface area contributed by atoms with Crippen LogP contribution in [0, 0.1) is 17.2 Å². The minimum atomic E-state index is -0.777. The van der Waals surface area contributed by atoms with E-state index in [1.807, 2.05) is 42.5 Å². The largest absolute Gasteiger partial charge is 0.497 e. The van der Waals surface area contributed by atoms with Crippen molar-refractivity contribution in [3.63, 3.8) is 0 Å². The maximum atomic E-state index is 15.1. The van der Waals surface area contributed by atoms with Gasteiger partial charge in [0.1, 0.15) is 23.9 Å². The quantitative estimate of drug-likeness (QED) is 0.240. The Labute approximate surface area is 230 Å². The van der Waals surface area contributed by atoms with Gasteiger partial charge in [-0.3, -0.25) is 4.79 Å². The number of carbonyl (C=O) groups is 1. The number of ether oxygens (including phenoxy) is 3. The molecule has 2 atom stereocenters. The number of carboxylic acids is 1. The summed E-state index contributed by atoms with van der Waals surface area (Å²) in [5.74, 6) is 0.616. The van der Waals surface area contributed by atoms with Crippen LogP contribution in [-0.4, -0.2) is 25.3 Å². The van der Waals surface area contributed by atoms with E-state index in [0.717, 1.165) is 41.5 Å². The van der Waals surface area contributed by atoms with Gasteiger partial charge in [-0.15, -0.1) is 0 Å². The first-order valence-corrected chi connectivity index (χ1v) is 13.6. The van der Waals surface area contributed by atoms with Crippen LogP contribution in [0.2, 0.25) is 0 Å². The Balaban J connectivity index is 1.66. The molecular weight excluding hydrogens is 495 g/mol. The summed E-state index contributed by atoms with van der Waals surface area (Å²) in [6.07, 6.45) is 2.87. The highest BCUT2D eigenvalue weighted by molar-refractivity contribution is 5.71. The second-order valence-electron chi connectivity index (χ2n) is 11.1. The molecule has 1 aliphatic carbocycles. The maximum Gasteiger partial charge on any atom is 0.303 e. The van der Waals surface area contributed by atoms with Gasteiger partial charge in [-0.25, -0.2) is 4.39 Å². The molecule has 1 N–H and O–H groups in total. The van der Waals surface area contributed by atoms with Crippen LogP contribution >= 0.6 is 0 Å². The van der Waals surface area contributed by atoms with Crippen molar-refractivity contribution in [2.45, 2.75) is 65.1 Å². The van der Waals surface area contributed by atoms with Crippen molar-refractivity contribution in [2.75, 3.05) is 14.2 Å². The van der Waals surface area contributed by atoms with Crippen molar-refractivity contribution in [1.29, 1.82) is 0 Å². The summed E-state index contributed by atoms with van der Waals surface area (Å²) in [5.41, 5.74) is 3.84. The van der Waals surface area contributed by atoms with Crippen LogP contribution < -0.4 is 9.47 Å². The molecule has 0 aliphatic heterocycles. The summed E-state index contributed by atoms with van der Waals surface area (Å²) in [6, 6.07) is 18.4. The summed E-state index contributed by atoms with van der Waals surface area (Å²) in [7, 11) is 3.26. The molecule has 6 heteroatoms. The SMILES string of the molecule is CCC(C)(C)[C@H](OC)c1cc(COc2cccc([C@H](CC(=O)O)C3CC3)c2)ccc1-c1cc(OC)ccc1F. The fourth-order valence-corrected chi connectivity index (χ4v) is 5.30. The maximum absolute atomic E-state index is 15.1. The second kappa shape index (κ2) is 12.2. The summed E-state index contributed by atoms with van der Waals surface area (Å²) in [4.78, 5) is 11.4. The Hall–Kier alpha value is -3.38. The van der Waals surface area contributed by atoms with Gasteiger partial charge >= 0.3 is 5.97 Å². The van der Waals surface area contributed by atoms with Crippen LogP contribution in [0.15, 0.2) is 60.7 Å². The minimum absolute atomic E-state index is 0.00781. The van der Waals surface area contributed by atoms with Crippen molar-refractivity contribution in [3.05, 3.63) is 83.2 Å². The fraction of sp³-hybridized carbons (Fsp3) is 0.424. The molecule has 0 radical (unpaired) electrons. The van der Waals surface area contributed by atoms with Gasteiger partial charge in [0.05, 0.1) is 19.6 Å². The zero-order valence-electron chi connectivity index (χ0n) is 23.5. The van der Waals surface area contributed by atoms with Gasteiger partial charge in [0.25, 0.3) is 0 Å². The number of rotatable bonds is 13. The molecule has 5 nitrogen and oxygen atoms in total. The van der Waals surface area contributed by atoms with Gasteiger partial charge in [0, 0.05) is 12.7 Å². The Bertz CT molecular complexity index is 1300. The lowest BCUT2D eigenvalue weighted by Gasteiger charge is -2.34. The third-order valence-corrected chi connectivity index (χ3v) is 8.00. The Kier molecular flexibility index (Phi) is 8.96. The molecule has 0 unspecified atom stereocenters. The van der Waals surface area contributed by atoms with Crippen molar-refractivity contribution < 1.29 is 28.5 Å². The van der Waals surface area contributed by atoms with E-state index < -0.39 is 5.97 Å². The van der Waals surface area contributed by atoms with Gasteiger partial charge in [0.2, 0.25) is 0 Å². The van der Waals surface area contributed by atoms with Crippen LogP contribution in [0.3, 0.4) is 0 Å². The van der Waals surface area contributed by atoms with Crippen LogP contribution in [0.4, 0.5) is 4.39 Å². The van der Waals surface area contributed by atoms with Crippen LogP contribution in [0.25, 0.3) is 11.1 Å². The lowest BCUT2D eigenvalue weighted by Crippen LogP contribution is -2.24. The zero-order valence-corrected chi connectivity index (χ0v) is 23.5. The molecule has 1 saturated carbocycles. The van der Waals surface area contributed by atoms with Gasteiger partial charge < -0.3 is 19.3 Å². The highest BCUT2D eigenvalue weighted by Crippen LogP contribution is 2.46. The number of hydrogen-bond acceptors (Lipinski definition) is 4. The van der Waals surface area contributed by atoms with Gasteiger partial charge in [-0.1, -0.05) is 45.0 Å². The summed E-state index contributed by atoms with van der Waals surface area (Å²) >= 11 is 0. The van der Waals surface area contributed by atoms with Crippen molar-refractivity contribution >= 4 is 5.97 Å². The number of benzene rings is 3. The normalized spacial score (nSPS) is 15.0. The molecule has 0 spiro atoms. The fourth-order valence-electron chi connectivity index (χ4n) is 5.30. The number of carboxylic acid groups (broad SMARTS) is 1. The summed E-state index contributed by atoms with van der Waals surface area (Å²) in [6.45, 7) is 6.73. The first kappa shape index (κ1) is 28.6. The number of methoxy groups -OCH3 is 2. The molecule has 0 heterocycles. The topological polar surface area (TPSA) is 65.0 Å². The zero-order chi connectivity index (χ0) is 28.2. The van der Waals surface area contributed by atoms with Crippen LogP contribution in [0.1, 0.15) is 75.2 Å². The predicted octanol–water partition coefficient (Wildman–Crippen LogP) is 8.17. The van der Waals surface area contributed by atoms with E-state index in [-0.39, 0.29) is 29.7 Å². The van der Waals surface area contributed by atoms with Crippen molar-refractivity contribution in [3.8, 4) is 22.6 Å². The molecule has 3 aromatic rings. The van der Waals surface area contributed by atoms with Gasteiger partial charge in [0.15, 0.2) is 0 Å². The van der Waals surface area contributed by atoms with Crippen LogP contribution in [0.5, 0.6) is 11.5 Å². The third-order valence-electron chi connectivity index (χ3n) is 8.00. The first-order chi connectivity index (χ1) is 18.7. The van der Waals surface area contributed by atoms with E-state index in [0.29, 0.717) is 29.6 Å². The highest BCUT2D eigenvalue weighted by Gasteiger charge is 2.34. The van der Waals surface area contributed by atoms with Gasteiger partial charge in [-0.05, 0) is 95.2 Å². The number of aliphatic carboxylic acids is 1. The van der Waals surface area contributed by atoms with Crippen LogP contribution in [-0.2, 0) is 16.1 Å². The second-order valence-corrected chi connectivity index (χ2v) is 11.1. The molecule has 3 aromatic carbocycles. The molecule has 1 aliphatic rings. The lowest BCUT2D eigenvalue weighted by molar-refractivity contribution is -0.137.